The molecule has 4 nitrogen and oxygen atoms in total. The Morgan fingerprint density at radius 1 is 1.29 bits per heavy atom. The first-order valence-electron chi connectivity index (χ1n) is 5.11. The van der Waals surface area contributed by atoms with Gasteiger partial charge in [-0.05, 0) is 31.0 Å². The van der Waals surface area contributed by atoms with Gasteiger partial charge < -0.3 is 4.74 Å². The Morgan fingerprint density at radius 2 is 1.88 bits per heavy atom. The van der Waals surface area contributed by atoms with Crippen LogP contribution in [0.4, 0.5) is 0 Å². The lowest BCUT2D eigenvalue weighted by atomic mass is 10.0. The fraction of sp³-hybridized carbons (Fsp3) is 0.417. The lowest BCUT2D eigenvalue weighted by molar-refractivity contribution is 0.101. The average molecular weight is 256 g/mol. The molecule has 0 aromatic heterocycles. The van der Waals surface area contributed by atoms with E-state index in [0.29, 0.717) is 11.3 Å². The van der Waals surface area contributed by atoms with E-state index < -0.39 is 21.4 Å². The summed E-state index contributed by atoms with van der Waals surface area (Å²) in [6.45, 7) is 3.74. The van der Waals surface area contributed by atoms with Crippen molar-refractivity contribution in [2.75, 3.05) is 19.1 Å². The minimum atomic E-state index is -3.32. The Balaban J connectivity index is 3.23. The smallest absolute Gasteiger partial charge is 0.181 e. The third-order valence-electron chi connectivity index (χ3n) is 2.57. The lowest BCUT2D eigenvalue weighted by Crippen LogP contribution is -2.16. The second-order valence-electron chi connectivity index (χ2n) is 4.08. The van der Waals surface area contributed by atoms with Gasteiger partial charge >= 0.3 is 0 Å². The van der Waals surface area contributed by atoms with Crippen LogP contribution in [0.1, 0.15) is 21.5 Å². The molecule has 1 rings (SSSR count). The summed E-state index contributed by atoms with van der Waals surface area (Å²) in [7, 11) is -1.85. The third-order valence-corrected chi connectivity index (χ3v) is 3.36. The van der Waals surface area contributed by atoms with Crippen LogP contribution in [0.25, 0.3) is 0 Å². The molecule has 1 aromatic carbocycles. The summed E-state index contributed by atoms with van der Waals surface area (Å²) in [5, 5.41) is 0. The number of aryl methyl sites for hydroxylation is 1. The second kappa shape index (κ2) is 4.87. The van der Waals surface area contributed by atoms with Crippen LogP contribution in [0, 0.1) is 13.8 Å². The topological polar surface area (TPSA) is 60.4 Å². The van der Waals surface area contributed by atoms with E-state index >= 15 is 0 Å². The summed E-state index contributed by atoms with van der Waals surface area (Å²) >= 11 is 0. The number of benzene rings is 1. The molecule has 94 valence electrons. The number of sulfone groups is 1. The quantitative estimate of drug-likeness (QED) is 0.767. The van der Waals surface area contributed by atoms with Crippen LogP contribution in [-0.2, 0) is 9.84 Å². The fourth-order valence-corrected chi connectivity index (χ4v) is 2.22. The normalized spacial score (nSPS) is 11.3. The van der Waals surface area contributed by atoms with Crippen LogP contribution in [-0.4, -0.2) is 33.3 Å². The highest BCUT2D eigenvalue weighted by Crippen LogP contribution is 2.26. The molecule has 0 saturated heterocycles. The van der Waals surface area contributed by atoms with Gasteiger partial charge in [-0.3, -0.25) is 4.79 Å². The van der Waals surface area contributed by atoms with E-state index in [-0.39, 0.29) is 0 Å². The van der Waals surface area contributed by atoms with Crippen LogP contribution in [0.15, 0.2) is 12.1 Å². The van der Waals surface area contributed by atoms with Crippen LogP contribution in [0.2, 0.25) is 0 Å². The number of carbonyl (C=O) groups is 1. The molecule has 0 aliphatic carbocycles. The Hall–Kier alpha value is -1.36. The van der Waals surface area contributed by atoms with Gasteiger partial charge in [-0.1, -0.05) is 6.07 Å². The zero-order valence-corrected chi connectivity index (χ0v) is 11.2. The van der Waals surface area contributed by atoms with Gasteiger partial charge in [0.1, 0.15) is 11.5 Å². The Kier molecular flexibility index (Phi) is 3.93. The van der Waals surface area contributed by atoms with Crippen LogP contribution in [0.5, 0.6) is 5.75 Å². The molecule has 5 heteroatoms. The van der Waals surface area contributed by atoms with Crippen LogP contribution < -0.4 is 4.74 Å². The van der Waals surface area contributed by atoms with Crippen molar-refractivity contribution in [3.8, 4) is 5.75 Å². The molecular formula is C12H16O4S. The molecule has 0 fully saturated rings. The molecule has 0 aliphatic rings. The van der Waals surface area contributed by atoms with Crippen LogP contribution in [0.3, 0.4) is 0 Å². The summed E-state index contributed by atoms with van der Waals surface area (Å²) in [5.41, 5.74) is 2.17. The van der Waals surface area contributed by atoms with Crippen molar-refractivity contribution >= 4 is 15.6 Å². The number of hydrogen-bond acceptors (Lipinski definition) is 4. The van der Waals surface area contributed by atoms with Crippen molar-refractivity contribution in [2.45, 2.75) is 13.8 Å². The molecule has 0 atom stereocenters. The van der Waals surface area contributed by atoms with E-state index in [0.717, 1.165) is 17.4 Å². The molecule has 0 radical (unpaired) electrons. The Labute approximate surface area is 102 Å². The first-order valence-corrected chi connectivity index (χ1v) is 7.17. The van der Waals surface area contributed by atoms with Crippen molar-refractivity contribution in [2.24, 2.45) is 0 Å². The van der Waals surface area contributed by atoms with Gasteiger partial charge in [0.15, 0.2) is 15.6 Å². The van der Waals surface area contributed by atoms with E-state index in [4.69, 9.17) is 4.74 Å². The first kappa shape index (κ1) is 13.7. The van der Waals surface area contributed by atoms with E-state index in [1.165, 1.54) is 7.11 Å². The summed E-state index contributed by atoms with van der Waals surface area (Å²) in [5.74, 6) is -0.475. The lowest BCUT2D eigenvalue weighted by Gasteiger charge is -2.12. The number of hydrogen-bond donors (Lipinski definition) is 0. The highest BCUT2D eigenvalue weighted by molar-refractivity contribution is 7.91. The van der Waals surface area contributed by atoms with E-state index in [1.54, 1.807) is 12.1 Å². The molecule has 0 heterocycles. The van der Waals surface area contributed by atoms with E-state index in [1.807, 2.05) is 13.8 Å². The number of Topliss-reactive ketones (excluding diaryl/α,β-unsaturated/α-hetero) is 1. The molecule has 0 N–H and O–H groups in total. The van der Waals surface area contributed by atoms with E-state index in [2.05, 4.69) is 0 Å². The maximum Gasteiger partial charge on any atom is 0.181 e. The average Bonchev–Trinajstić information content (AvgIpc) is 2.19. The minimum Gasteiger partial charge on any atom is -0.496 e. The standard InChI is InChI=1S/C12H16O4S/c1-8-5-6-10(12(16-3)9(8)2)11(13)7-17(4,14)15/h5-6H,7H2,1-4H3. The van der Waals surface area contributed by atoms with Crippen molar-refractivity contribution in [3.63, 3.8) is 0 Å². The molecule has 0 saturated carbocycles. The zero-order valence-electron chi connectivity index (χ0n) is 10.4. The predicted molar refractivity (Wildman–Crippen MR) is 66.5 cm³/mol. The number of carbonyl (C=O) groups excluding carboxylic acids is 1. The number of rotatable bonds is 4. The molecule has 1 aromatic rings. The second-order valence-corrected chi connectivity index (χ2v) is 6.22. The zero-order chi connectivity index (χ0) is 13.2. The maximum absolute atomic E-state index is 11.8. The Bertz CT molecular complexity index is 544. The molecule has 0 aliphatic heterocycles. The number of methoxy groups -OCH3 is 1. The fourth-order valence-electron chi connectivity index (χ4n) is 1.59. The molecule has 0 amide bonds. The van der Waals surface area contributed by atoms with Gasteiger partial charge in [0.05, 0.1) is 12.7 Å². The van der Waals surface area contributed by atoms with Gasteiger partial charge in [-0.15, -0.1) is 0 Å². The number of ether oxygens (including phenoxy) is 1. The largest absolute Gasteiger partial charge is 0.496 e. The summed E-state index contributed by atoms with van der Waals surface area (Å²) < 4.78 is 27.4. The first-order chi connectivity index (χ1) is 7.76. The molecule has 0 spiro atoms. The van der Waals surface area contributed by atoms with Gasteiger partial charge in [0.2, 0.25) is 0 Å². The van der Waals surface area contributed by atoms with Gasteiger partial charge in [0, 0.05) is 6.26 Å². The Morgan fingerprint density at radius 3 is 2.35 bits per heavy atom. The molecule has 0 unspecified atom stereocenters. The predicted octanol–water partition coefficient (Wildman–Crippen LogP) is 1.54. The van der Waals surface area contributed by atoms with Gasteiger partial charge in [-0.2, -0.15) is 0 Å². The van der Waals surface area contributed by atoms with Crippen LogP contribution >= 0.6 is 0 Å². The summed E-state index contributed by atoms with van der Waals surface area (Å²) in [4.78, 5) is 11.8. The number of ketones is 1. The maximum atomic E-state index is 11.8. The van der Waals surface area contributed by atoms with Crippen molar-refractivity contribution < 1.29 is 17.9 Å². The molecule has 0 bridgehead atoms. The van der Waals surface area contributed by atoms with E-state index in [9.17, 15) is 13.2 Å². The third kappa shape index (κ3) is 3.30. The minimum absolute atomic E-state index is 0.320. The van der Waals surface area contributed by atoms with Crippen molar-refractivity contribution in [1.82, 2.24) is 0 Å². The summed E-state index contributed by atoms with van der Waals surface area (Å²) in [6, 6.07) is 3.39. The van der Waals surface area contributed by atoms with Crippen molar-refractivity contribution in [3.05, 3.63) is 28.8 Å². The molecular weight excluding hydrogens is 240 g/mol. The summed E-state index contributed by atoms with van der Waals surface area (Å²) in [6.07, 6.45) is 1.04. The van der Waals surface area contributed by atoms with Crippen molar-refractivity contribution in [1.29, 1.82) is 0 Å². The van der Waals surface area contributed by atoms with Gasteiger partial charge in [0.25, 0.3) is 0 Å². The van der Waals surface area contributed by atoms with Gasteiger partial charge in [-0.25, -0.2) is 8.42 Å². The molecule has 17 heavy (non-hydrogen) atoms. The highest BCUT2D eigenvalue weighted by Gasteiger charge is 2.19. The SMILES string of the molecule is COc1c(C(=O)CS(C)(=O)=O)ccc(C)c1C. The monoisotopic (exact) mass is 256 g/mol. The highest BCUT2D eigenvalue weighted by atomic mass is 32.2.